The molecule has 0 aliphatic carbocycles. The molecule has 0 saturated carbocycles. The van der Waals surface area contributed by atoms with Crippen molar-refractivity contribution >= 4 is 54.6 Å². The van der Waals surface area contributed by atoms with Gasteiger partial charge >= 0.3 is 0 Å². The maximum atomic E-state index is 12.1. The van der Waals surface area contributed by atoms with Crippen molar-refractivity contribution < 1.29 is 13.3 Å². The lowest BCUT2D eigenvalue weighted by molar-refractivity contribution is -0.384. The molecule has 0 aliphatic heterocycles. The zero-order valence-electron chi connectivity index (χ0n) is 17.4. The number of nitrogens with one attached hydrogen (secondary N) is 2. The molecular formula is C23H22N4O4S. The van der Waals surface area contributed by atoms with Crippen molar-refractivity contribution in [3.8, 4) is 0 Å². The predicted molar refractivity (Wildman–Crippen MR) is 128 cm³/mol. The summed E-state index contributed by atoms with van der Waals surface area (Å²) in [5.74, 6) is 0.0879. The number of nitro groups is 1. The molecule has 4 aromatic rings. The van der Waals surface area contributed by atoms with Gasteiger partial charge in [0.2, 0.25) is 10.0 Å². The molecule has 1 aromatic heterocycles. The Morgan fingerprint density at radius 2 is 1.62 bits per heavy atom. The van der Waals surface area contributed by atoms with E-state index in [0.29, 0.717) is 23.1 Å². The first-order valence-corrected chi connectivity index (χ1v) is 11.9. The van der Waals surface area contributed by atoms with Gasteiger partial charge in [0.05, 0.1) is 27.4 Å². The van der Waals surface area contributed by atoms with Crippen LogP contribution in [-0.2, 0) is 10.0 Å². The van der Waals surface area contributed by atoms with Crippen LogP contribution in [-0.4, -0.2) is 24.1 Å². The number of unbranched alkanes of at least 4 members (excludes halogenated alkanes) is 1. The molecule has 32 heavy (non-hydrogen) atoms. The second-order valence-electron chi connectivity index (χ2n) is 7.44. The molecule has 0 amide bonds. The minimum absolute atomic E-state index is 0.0223. The second kappa shape index (κ2) is 8.80. The van der Waals surface area contributed by atoms with Crippen molar-refractivity contribution in [3.63, 3.8) is 0 Å². The Labute approximate surface area is 185 Å². The number of rotatable bonds is 8. The summed E-state index contributed by atoms with van der Waals surface area (Å²) < 4.78 is 26.8. The molecule has 0 aliphatic rings. The predicted octanol–water partition coefficient (Wildman–Crippen LogP) is 5.58. The Bertz CT molecular complexity index is 1400. The van der Waals surface area contributed by atoms with Crippen LogP contribution >= 0.6 is 0 Å². The number of non-ortho nitro benzene ring substituents is 1. The van der Waals surface area contributed by atoms with E-state index in [1.807, 2.05) is 31.2 Å². The summed E-state index contributed by atoms with van der Waals surface area (Å²) in [5, 5.41) is 16.2. The highest BCUT2D eigenvalue weighted by molar-refractivity contribution is 7.92. The van der Waals surface area contributed by atoms with Crippen molar-refractivity contribution in [2.75, 3.05) is 15.8 Å². The number of benzene rings is 3. The fourth-order valence-corrected chi connectivity index (χ4v) is 4.73. The summed E-state index contributed by atoms with van der Waals surface area (Å²) in [5.41, 5.74) is 3.22. The van der Waals surface area contributed by atoms with Crippen LogP contribution in [0.2, 0.25) is 0 Å². The number of hydrogen-bond acceptors (Lipinski definition) is 6. The lowest BCUT2D eigenvalue weighted by Crippen LogP contribution is -2.16. The van der Waals surface area contributed by atoms with E-state index < -0.39 is 14.9 Å². The molecule has 2 N–H and O–H groups in total. The molecular weight excluding hydrogens is 428 g/mol. The number of pyridine rings is 1. The minimum atomic E-state index is -3.37. The van der Waals surface area contributed by atoms with E-state index >= 15 is 0 Å². The summed E-state index contributed by atoms with van der Waals surface area (Å²) in [6.07, 6.45) is 1.41. The van der Waals surface area contributed by atoms with Gasteiger partial charge in [0.25, 0.3) is 5.69 Å². The second-order valence-corrected chi connectivity index (χ2v) is 9.28. The third-order valence-electron chi connectivity index (χ3n) is 5.07. The number of fused-ring (bicyclic) bond motifs is 2. The van der Waals surface area contributed by atoms with Crippen LogP contribution in [0.15, 0.2) is 66.7 Å². The number of para-hydroxylation sites is 1. The molecule has 3 aromatic carbocycles. The van der Waals surface area contributed by atoms with Crippen molar-refractivity contribution in [3.05, 3.63) is 76.8 Å². The maximum absolute atomic E-state index is 12.1. The SMILES string of the molecule is CCCCS(=O)(=O)Nc1ccc(Nc2c3ccccc3nc3cc([N+](=O)[O-])ccc23)cc1. The van der Waals surface area contributed by atoms with Gasteiger partial charge in [-0.1, -0.05) is 31.5 Å². The molecule has 0 atom stereocenters. The molecule has 0 radical (unpaired) electrons. The van der Waals surface area contributed by atoms with Crippen LogP contribution < -0.4 is 10.0 Å². The fourth-order valence-electron chi connectivity index (χ4n) is 3.46. The Hall–Kier alpha value is -3.72. The van der Waals surface area contributed by atoms with E-state index in [-0.39, 0.29) is 11.4 Å². The first-order valence-electron chi connectivity index (χ1n) is 10.2. The first-order chi connectivity index (χ1) is 15.4. The smallest absolute Gasteiger partial charge is 0.271 e. The first kappa shape index (κ1) is 21.5. The number of nitro benzene ring substituents is 1. The van der Waals surface area contributed by atoms with Gasteiger partial charge in [0.1, 0.15) is 0 Å². The third-order valence-corrected chi connectivity index (χ3v) is 6.44. The van der Waals surface area contributed by atoms with Gasteiger partial charge in [0, 0.05) is 34.3 Å². The average molecular weight is 451 g/mol. The van der Waals surface area contributed by atoms with Gasteiger partial charge in [-0.2, -0.15) is 0 Å². The van der Waals surface area contributed by atoms with Gasteiger partial charge < -0.3 is 5.32 Å². The largest absolute Gasteiger partial charge is 0.354 e. The zero-order chi connectivity index (χ0) is 22.7. The Kier molecular flexibility index (Phi) is 5.91. The number of anilines is 3. The highest BCUT2D eigenvalue weighted by Crippen LogP contribution is 2.34. The van der Waals surface area contributed by atoms with Crippen LogP contribution in [0.5, 0.6) is 0 Å². The van der Waals surface area contributed by atoms with Crippen LogP contribution in [0.3, 0.4) is 0 Å². The molecule has 1 heterocycles. The molecule has 0 fully saturated rings. The molecule has 9 heteroatoms. The number of sulfonamides is 1. The lowest BCUT2D eigenvalue weighted by atomic mass is 10.1. The summed E-state index contributed by atoms with van der Waals surface area (Å²) in [6, 6.07) is 19.1. The van der Waals surface area contributed by atoms with Crippen LogP contribution in [0.25, 0.3) is 21.8 Å². The van der Waals surface area contributed by atoms with Crippen molar-refractivity contribution in [1.29, 1.82) is 0 Å². The Morgan fingerprint density at radius 1 is 0.938 bits per heavy atom. The lowest BCUT2D eigenvalue weighted by Gasteiger charge is -2.14. The van der Waals surface area contributed by atoms with Gasteiger partial charge in [-0.25, -0.2) is 13.4 Å². The van der Waals surface area contributed by atoms with Crippen LogP contribution in [0, 0.1) is 10.1 Å². The van der Waals surface area contributed by atoms with E-state index in [0.717, 1.165) is 28.6 Å². The molecule has 0 spiro atoms. The van der Waals surface area contributed by atoms with E-state index in [4.69, 9.17) is 0 Å². The molecule has 0 bridgehead atoms. The van der Waals surface area contributed by atoms with Gasteiger partial charge in [-0.15, -0.1) is 0 Å². The highest BCUT2D eigenvalue weighted by Gasteiger charge is 2.14. The zero-order valence-corrected chi connectivity index (χ0v) is 18.2. The molecule has 4 rings (SSSR count). The fraction of sp³-hybridized carbons (Fsp3) is 0.174. The minimum Gasteiger partial charge on any atom is -0.354 e. The van der Waals surface area contributed by atoms with Crippen LogP contribution in [0.1, 0.15) is 19.8 Å². The number of nitrogens with zero attached hydrogens (tertiary/aromatic N) is 2. The normalized spacial score (nSPS) is 11.5. The number of aromatic nitrogens is 1. The molecule has 8 nitrogen and oxygen atoms in total. The summed E-state index contributed by atoms with van der Waals surface area (Å²) in [6.45, 7) is 1.95. The Balaban J connectivity index is 1.69. The van der Waals surface area contributed by atoms with Gasteiger partial charge in [-0.3, -0.25) is 14.8 Å². The quantitative estimate of drug-likeness (QED) is 0.206. The maximum Gasteiger partial charge on any atom is 0.271 e. The average Bonchev–Trinajstić information content (AvgIpc) is 2.78. The molecule has 0 unspecified atom stereocenters. The highest BCUT2D eigenvalue weighted by atomic mass is 32.2. The van der Waals surface area contributed by atoms with E-state index in [9.17, 15) is 18.5 Å². The van der Waals surface area contributed by atoms with Crippen molar-refractivity contribution in [2.24, 2.45) is 0 Å². The molecule has 0 saturated heterocycles. The summed E-state index contributed by atoms with van der Waals surface area (Å²) >= 11 is 0. The van der Waals surface area contributed by atoms with E-state index in [1.54, 1.807) is 30.3 Å². The third kappa shape index (κ3) is 4.62. The van der Waals surface area contributed by atoms with Crippen molar-refractivity contribution in [1.82, 2.24) is 4.98 Å². The number of hydrogen-bond donors (Lipinski definition) is 2. The van der Waals surface area contributed by atoms with Gasteiger partial charge in [0.15, 0.2) is 0 Å². The van der Waals surface area contributed by atoms with Crippen LogP contribution in [0.4, 0.5) is 22.7 Å². The monoisotopic (exact) mass is 450 g/mol. The van der Waals surface area contributed by atoms with E-state index in [2.05, 4.69) is 15.0 Å². The molecule has 164 valence electrons. The van der Waals surface area contributed by atoms with E-state index in [1.165, 1.54) is 12.1 Å². The summed E-state index contributed by atoms with van der Waals surface area (Å²) in [4.78, 5) is 15.3. The Morgan fingerprint density at radius 3 is 2.34 bits per heavy atom. The topological polar surface area (TPSA) is 114 Å². The van der Waals surface area contributed by atoms with Crippen molar-refractivity contribution in [2.45, 2.75) is 19.8 Å². The summed E-state index contributed by atoms with van der Waals surface area (Å²) in [7, 11) is -3.37. The standard InChI is InChI=1S/C23H22N4O4S/c1-2-3-14-32(30,31)26-17-10-8-16(9-11-17)24-23-19-6-4-5-7-21(19)25-22-15-18(27(28)29)12-13-20(22)23/h4-13,15,26H,2-3,14H2,1H3,(H,24,25). The van der Waals surface area contributed by atoms with Gasteiger partial charge in [-0.05, 0) is 42.8 Å².